The van der Waals surface area contributed by atoms with Gasteiger partial charge in [0.05, 0.1) is 11.5 Å². The van der Waals surface area contributed by atoms with Crippen molar-refractivity contribution in [2.45, 2.75) is 26.1 Å². The minimum Gasteiger partial charge on any atom is -0.481 e. The SMILES string of the molecule is CC(NC(=O)c1cc2cc(C(F)(F)F)ccc2n1C)C(C)C(=O)O. The van der Waals surface area contributed by atoms with E-state index in [9.17, 15) is 22.8 Å². The Labute approximate surface area is 136 Å². The van der Waals surface area contributed by atoms with Crippen LogP contribution in [0.25, 0.3) is 10.9 Å². The van der Waals surface area contributed by atoms with Gasteiger partial charge in [0.25, 0.3) is 5.91 Å². The Morgan fingerprint density at radius 2 is 1.83 bits per heavy atom. The van der Waals surface area contributed by atoms with Crippen LogP contribution >= 0.6 is 0 Å². The number of aryl methyl sites for hydroxylation is 1. The zero-order valence-electron chi connectivity index (χ0n) is 13.3. The number of hydrogen-bond acceptors (Lipinski definition) is 2. The molecule has 2 unspecified atom stereocenters. The zero-order valence-corrected chi connectivity index (χ0v) is 13.3. The summed E-state index contributed by atoms with van der Waals surface area (Å²) in [4.78, 5) is 23.2. The summed E-state index contributed by atoms with van der Waals surface area (Å²) in [5.74, 6) is -2.38. The topological polar surface area (TPSA) is 71.3 Å². The second-order valence-corrected chi connectivity index (χ2v) is 5.75. The van der Waals surface area contributed by atoms with Crippen LogP contribution in [0.5, 0.6) is 0 Å². The molecule has 1 aromatic carbocycles. The van der Waals surface area contributed by atoms with Crippen LogP contribution in [0.15, 0.2) is 24.3 Å². The lowest BCUT2D eigenvalue weighted by molar-refractivity contribution is -0.142. The van der Waals surface area contributed by atoms with Crippen LogP contribution in [0.2, 0.25) is 0 Å². The fraction of sp³-hybridized carbons (Fsp3) is 0.375. The van der Waals surface area contributed by atoms with Crippen LogP contribution in [0.1, 0.15) is 29.9 Å². The summed E-state index contributed by atoms with van der Waals surface area (Å²) >= 11 is 0. The van der Waals surface area contributed by atoms with E-state index in [1.54, 1.807) is 14.0 Å². The predicted molar refractivity (Wildman–Crippen MR) is 81.6 cm³/mol. The average Bonchev–Trinajstić information content (AvgIpc) is 2.82. The number of carboxylic acids is 1. The summed E-state index contributed by atoms with van der Waals surface area (Å²) in [6.07, 6.45) is -4.46. The van der Waals surface area contributed by atoms with Gasteiger partial charge >= 0.3 is 12.1 Å². The highest BCUT2D eigenvalue weighted by molar-refractivity contribution is 5.99. The van der Waals surface area contributed by atoms with Gasteiger partial charge < -0.3 is 15.0 Å². The number of aromatic nitrogens is 1. The number of halogens is 3. The molecular formula is C16H17F3N2O3. The Hall–Kier alpha value is -2.51. The first-order chi connectivity index (χ1) is 11.0. The Balaban J connectivity index is 2.34. The first kappa shape index (κ1) is 17.8. The molecule has 0 aliphatic carbocycles. The number of carboxylic acid groups (broad SMARTS) is 1. The summed E-state index contributed by atoms with van der Waals surface area (Å²) in [7, 11) is 1.57. The Morgan fingerprint density at radius 3 is 2.38 bits per heavy atom. The number of benzene rings is 1. The van der Waals surface area contributed by atoms with E-state index in [1.807, 2.05) is 0 Å². The maximum Gasteiger partial charge on any atom is 0.416 e. The Bertz CT molecular complexity index is 796. The van der Waals surface area contributed by atoms with Gasteiger partial charge in [-0.2, -0.15) is 13.2 Å². The highest BCUT2D eigenvalue weighted by Crippen LogP contribution is 2.32. The van der Waals surface area contributed by atoms with Crippen LogP contribution in [-0.4, -0.2) is 27.6 Å². The van der Waals surface area contributed by atoms with Gasteiger partial charge in [0.2, 0.25) is 0 Å². The number of carbonyl (C=O) groups is 2. The maximum atomic E-state index is 12.8. The number of fused-ring (bicyclic) bond motifs is 1. The summed E-state index contributed by atoms with van der Waals surface area (Å²) in [6, 6.07) is 3.98. The van der Waals surface area contributed by atoms with Crippen LogP contribution in [-0.2, 0) is 18.0 Å². The van der Waals surface area contributed by atoms with Crippen molar-refractivity contribution in [2.24, 2.45) is 13.0 Å². The lowest BCUT2D eigenvalue weighted by Gasteiger charge is -2.17. The number of amides is 1. The molecule has 2 rings (SSSR count). The highest BCUT2D eigenvalue weighted by Gasteiger charge is 2.31. The molecule has 1 aromatic heterocycles. The molecule has 130 valence electrons. The van der Waals surface area contributed by atoms with Gasteiger partial charge in [-0.25, -0.2) is 0 Å². The highest BCUT2D eigenvalue weighted by atomic mass is 19.4. The van der Waals surface area contributed by atoms with Gasteiger partial charge in [-0.15, -0.1) is 0 Å². The average molecular weight is 342 g/mol. The zero-order chi connectivity index (χ0) is 18.2. The van der Waals surface area contributed by atoms with Gasteiger partial charge in [-0.3, -0.25) is 9.59 Å². The molecule has 1 amide bonds. The smallest absolute Gasteiger partial charge is 0.416 e. The summed E-state index contributed by atoms with van der Waals surface area (Å²) in [5.41, 5.74) is -0.152. The molecular weight excluding hydrogens is 325 g/mol. The molecule has 24 heavy (non-hydrogen) atoms. The third kappa shape index (κ3) is 3.37. The third-order valence-electron chi connectivity index (χ3n) is 4.10. The van der Waals surface area contributed by atoms with Crippen molar-refractivity contribution in [3.63, 3.8) is 0 Å². The molecule has 2 N–H and O–H groups in total. The van der Waals surface area contributed by atoms with E-state index in [1.165, 1.54) is 23.6 Å². The first-order valence-corrected chi connectivity index (χ1v) is 7.22. The Kier molecular flexibility index (Phi) is 4.59. The number of aliphatic carboxylic acids is 1. The monoisotopic (exact) mass is 342 g/mol. The van der Waals surface area contributed by atoms with Crippen LogP contribution < -0.4 is 5.32 Å². The maximum absolute atomic E-state index is 12.8. The van der Waals surface area contributed by atoms with Crippen molar-refractivity contribution < 1.29 is 27.9 Å². The molecule has 2 atom stereocenters. The minimum absolute atomic E-state index is 0.161. The van der Waals surface area contributed by atoms with Gasteiger partial charge in [0.1, 0.15) is 5.69 Å². The van der Waals surface area contributed by atoms with Crippen molar-refractivity contribution in [3.05, 3.63) is 35.5 Å². The molecule has 0 bridgehead atoms. The van der Waals surface area contributed by atoms with E-state index < -0.39 is 35.6 Å². The van der Waals surface area contributed by atoms with E-state index in [-0.39, 0.29) is 11.1 Å². The standard InChI is InChI=1S/C16H17F3N2O3/c1-8(15(23)24)9(2)20-14(22)13-7-10-6-11(16(17,18)19)4-5-12(10)21(13)3/h4-9H,1-3H3,(H,20,22)(H,23,24). The van der Waals surface area contributed by atoms with Gasteiger partial charge in [0, 0.05) is 24.0 Å². The lowest BCUT2D eigenvalue weighted by atomic mass is 10.0. The quantitative estimate of drug-likeness (QED) is 0.897. The van der Waals surface area contributed by atoms with Gasteiger partial charge in [-0.05, 0) is 38.1 Å². The fourth-order valence-corrected chi connectivity index (χ4v) is 2.36. The van der Waals surface area contributed by atoms with E-state index in [0.717, 1.165) is 12.1 Å². The van der Waals surface area contributed by atoms with E-state index in [2.05, 4.69) is 5.32 Å². The molecule has 2 aromatic rings. The van der Waals surface area contributed by atoms with Crippen molar-refractivity contribution in [1.82, 2.24) is 9.88 Å². The number of nitrogens with one attached hydrogen (secondary N) is 1. The molecule has 0 saturated carbocycles. The molecule has 0 saturated heterocycles. The lowest BCUT2D eigenvalue weighted by Crippen LogP contribution is -2.40. The summed E-state index contributed by atoms with van der Waals surface area (Å²) in [6.45, 7) is 3.02. The molecule has 0 aliphatic heterocycles. The number of rotatable bonds is 4. The van der Waals surface area contributed by atoms with E-state index in [0.29, 0.717) is 5.52 Å². The first-order valence-electron chi connectivity index (χ1n) is 7.22. The van der Waals surface area contributed by atoms with Crippen LogP contribution in [0.3, 0.4) is 0 Å². The van der Waals surface area contributed by atoms with Gasteiger partial charge in [-0.1, -0.05) is 0 Å². The predicted octanol–water partition coefficient (Wildman–Crippen LogP) is 3.04. The van der Waals surface area contributed by atoms with Crippen molar-refractivity contribution >= 4 is 22.8 Å². The summed E-state index contributed by atoms with van der Waals surface area (Å²) in [5, 5.41) is 11.8. The summed E-state index contributed by atoms with van der Waals surface area (Å²) < 4.78 is 39.8. The third-order valence-corrected chi connectivity index (χ3v) is 4.10. The molecule has 0 fully saturated rings. The molecule has 0 spiro atoms. The number of hydrogen-bond donors (Lipinski definition) is 2. The second kappa shape index (κ2) is 6.18. The van der Waals surface area contributed by atoms with Crippen molar-refractivity contribution in [3.8, 4) is 0 Å². The van der Waals surface area contributed by atoms with Crippen LogP contribution in [0.4, 0.5) is 13.2 Å². The molecule has 0 radical (unpaired) electrons. The van der Waals surface area contributed by atoms with Crippen molar-refractivity contribution in [2.75, 3.05) is 0 Å². The molecule has 5 nitrogen and oxygen atoms in total. The van der Waals surface area contributed by atoms with E-state index in [4.69, 9.17) is 5.11 Å². The number of carbonyl (C=O) groups excluding carboxylic acids is 1. The normalized spacial score (nSPS) is 14.4. The minimum atomic E-state index is -4.46. The number of nitrogens with zero attached hydrogens (tertiary/aromatic N) is 1. The second-order valence-electron chi connectivity index (χ2n) is 5.75. The largest absolute Gasteiger partial charge is 0.481 e. The Morgan fingerprint density at radius 1 is 1.21 bits per heavy atom. The van der Waals surface area contributed by atoms with Crippen LogP contribution in [0, 0.1) is 5.92 Å². The van der Waals surface area contributed by atoms with E-state index >= 15 is 0 Å². The molecule has 8 heteroatoms. The fourth-order valence-electron chi connectivity index (χ4n) is 2.36. The van der Waals surface area contributed by atoms with Gasteiger partial charge in [0.15, 0.2) is 0 Å². The molecule has 0 aliphatic rings. The molecule has 1 heterocycles. The van der Waals surface area contributed by atoms with Crippen molar-refractivity contribution in [1.29, 1.82) is 0 Å². The number of alkyl halides is 3.